The van der Waals surface area contributed by atoms with Crippen LogP contribution < -0.4 is 0 Å². The average molecular weight is 229 g/mol. The molecule has 1 aliphatic carbocycles. The fourth-order valence-corrected chi connectivity index (χ4v) is 2.68. The van der Waals surface area contributed by atoms with Gasteiger partial charge in [0.25, 0.3) is 0 Å². The fourth-order valence-electron chi connectivity index (χ4n) is 2.68. The number of aliphatic imine (C=N–C) groups is 1. The monoisotopic (exact) mass is 229 g/mol. The highest BCUT2D eigenvalue weighted by molar-refractivity contribution is 5.81. The molecule has 1 heteroatoms. The second-order valence-electron chi connectivity index (χ2n) is 5.16. The van der Waals surface area contributed by atoms with E-state index in [1.807, 2.05) is 0 Å². The van der Waals surface area contributed by atoms with Gasteiger partial charge in [0, 0.05) is 6.21 Å². The molecular formula is C16H23N. The van der Waals surface area contributed by atoms with E-state index in [0.29, 0.717) is 6.04 Å². The lowest BCUT2D eigenvalue weighted by atomic mass is 9.86. The van der Waals surface area contributed by atoms with Gasteiger partial charge in [-0.2, -0.15) is 0 Å². The first-order chi connectivity index (χ1) is 8.31. The van der Waals surface area contributed by atoms with Crippen LogP contribution in [0.4, 0.5) is 0 Å². The van der Waals surface area contributed by atoms with E-state index in [1.54, 1.807) is 0 Å². The van der Waals surface area contributed by atoms with E-state index < -0.39 is 0 Å². The number of hydrogen-bond donors (Lipinski definition) is 0. The molecule has 0 radical (unpaired) electrons. The van der Waals surface area contributed by atoms with Gasteiger partial charge >= 0.3 is 0 Å². The number of benzene rings is 1. The van der Waals surface area contributed by atoms with Crippen LogP contribution in [0.3, 0.4) is 0 Å². The van der Waals surface area contributed by atoms with Crippen molar-refractivity contribution in [1.29, 1.82) is 0 Å². The molecule has 1 aromatic rings. The third kappa shape index (κ3) is 3.18. The SMILES string of the molecule is CCc1ccccc1C=NC1CCCCC1C. The quantitative estimate of drug-likeness (QED) is 0.687. The van der Waals surface area contributed by atoms with Gasteiger partial charge in [0.15, 0.2) is 0 Å². The second kappa shape index (κ2) is 6.00. The van der Waals surface area contributed by atoms with E-state index in [2.05, 4.69) is 44.3 Å². The average Bonchev–Trinajstić information content (AvgIpc) is 2.38. The minimum atomic E-state index is 0.550. The van der Waals surface area contributed by atoms with Gasteiger partial charge in [-0.15, -0.1) is 0 Å². The van der Waals surface area contributed by atoms with Crippen molar-refractivity contribution in [2.75, 3.05) is 0 Å². The summed E-state index contributed by atoms with van der Waals surface area (Å²) < 4.78 is 0. The minimum absolute atomic E-state index is 0.550. The van der Waals surface area contributed by atoms with Crippen LogP contribution in [0.2, 0.25) is 0 Å². The molecule has 1 fully saturated rings. The van der Waals surface area contributed by atoms with Crippen LogP contribution in [0.25, 0.3) is 0 Å². The molecule has 0 saturated heterocycles. The summed E-state index contributed by atoms with van der Waals surface area (Å²) in [7, 11) is 0. The summed E-state index contributed by atoms with van der Waals surface area (Å²) in [4.78, 5) is 4.82. The van der Waals surface area contributed by atoms with Crippen molar-refractivity contribution in [2.45, 2.75) is 52.0 Å². The predicted octanol–water partition coefficient (Wildman–Crippen LogP) is 4.25. The molecule has 1 saturated carbocycles. The molecule has 0 spiro atoms. The van der Waals surface area contributed by atoms with E-state index in [0.717, 1.165) is 12.3 Å². The van der Waals surface area contributed by atoms with Gasteiger partial charge in [0.05, 0.1) is 6.04 Å². The Morgan fingerprint density at radius 3 is 2.76 bits per heavy atom. The van der Waals surface area contributed by atoms with Crippen molar-refractivity contribution < 1.29 is 0 Å². The van der Waals surface area contributed by atoms with E-state index >= 15 is 0 Å². The van der Waals surface area contributed by atoms with Gasteiger partial charge in [-0.05, 0) is 36.3 Å². The lowest BCUT2D eigenvalue weighted by Crippen LogP contribution is -2.20. The summed E-state index contributed by atoms with van der Waals surface area (Å²) in [5.41, 5.74) is 2.70. The van der Waals surface area contributed by atoms with E-state index in [9.17, 15) is 0 Å². The first-order valence-electron chi connectivity index (χ1n) is 6.92. The molecule has 0 aromatic heterocycles. The molecule has 0 aliphatic heterocycles. The third-order valence-electron chi connectivity index (χ3n) is 3.91. The van der Waals surface area contributed by atoms with Crippen LogP contribution >= 0.6 is 0 Å². The molecule has 2 atom stereocenters. The molecule has 0 heterocycles. The normalized spacial score (nSPS) is 25.3. The zero-order chi connectivity index (χ0) is 12.1. The Bertz CT molecular complexity index is 381. The van der Waals surface area contributed by atoms with Crippen LogP contribution in [0.1, 0.15) is 50.7 Å². The maximum atomic E-state index is 4.82. The van der Waals surface area contributed by atoms with Crippen LogP contribution in [-0.4, -0.2) is 12.3 Å². The van der Waals surface area contributed by atoms with Crippen LogP contribution in [0, 0.1) is 5.92 Å². The topological polar surface area (TPSA) is 12.4 Å². The summed E-state index contributed by atoms with van der Waals surface area (Å²) in [6.45, 7) is 4.54. The Balaban J connectivity index is 2.08. The Morgan fingerprint density at radius 2 is 2.00 bits per heavy atom. The summed E-state index contributed by atoms with van der Waals surface area (Å²) in [5, 5.41) is 0. The molecule has 17 heavy (non-hydrogen) atoms. The lowest BCUT2D eigenvalue weighted by molar-refractivity contribution is 0.333. The zero-order valence-corrected chi connectivity index (χ0v) is 11.0. The van der Waals surface area contributed by atoms with Crippen LogP contribution in [0.15, 0.2) is 29.3 Å². The van der Waals surface area contributed by atoms with E-state index in [1.165, 1.54) is 36.8 Å². The number of aryl methyl sites for hydroxylation is 1. The van der Waals surface area contributed by atoms with Crippen molar-refractivity contribution in [3.63, 3.8) is 0 Å². The number of nitrogens with zero attached hydrogens (tertiary/aromatic N) is 1. The Kier molecular flexibility index (Phi) is 4.36. The van der Waals surface area contributed by atoms with Crippen molar-refractivity contribution in [3.05, 3.63) is 35.4 Å². The maximum absolute atomic E-state index is 4.82. The second-order valence-corrected chi connectivity index (χ2v) is 5.16. The molecule has 0 N–H and O–H groups in total. The van der Waals surface area contributed by atoms with Crippen molar-refractivity contribution in [2.24, 2.45) is 10.9 Å². The molecular weight excluding hydrogens is 206 g/mol. The molecule has 1 aromatic carbocycles. The minimum Gasteiger partial charge on any atom is -0.289 e. The molecule has 2 rings (SSSR count). The number of hydrogen-bond acceptors (Lipinski definition) is 1. The molecule has 92 valence electrons. The zero-order valence-electron chi connectivity index (χ0n) is 11.0. The van der Waals surface area contributed by atoms with Gasteiger partial charge in [-0.1, -0.05) is 51.0 Å². The lowest BCUT2D eigenvalue weighted by Gasteiger charge is -2.25. The highest BCUT2D eigenvalue weighted by atomic mass is 14.8. The van der Waals surface area contributed by atoms with E-state index in [4.69, 9.17) is 4.99 Å². The summed E-state index contributed by atoms with van der Waals surface area (Å²) in [6, 6.07) is 9.14. The Hall–Kier alpha value is -1.11. The standard InChI is InChI=1S/C16H23N/c1-3-14-9-5-6-10-15(14)12-17-16-11-7-4-8-13(16)2/h5-6,9-10,12-13,16H,3-4,7-8,11H2,1-2H3. The summed E-state index contributed by atoms with van der Waals surface area (Å²) in [6.07, 6.45) is 8.54. The molecule has 0 amide bonds. The summed E-state index contributed by atoms with van der Waals surface area (Å²) in [5.74, 6) is 0.758. The Labute approximate surface area is 105 Å². The molecule has 1 nitrogen and oxygen atoms in total. The Morgan fingerprint density at radius 1 is 1.24 bits per heavy atom. The smallest absolute Gasteiger partial charge is 0.0525 e. The molecule has 0 bridgehead atoms. The maximum Gasteiger partial charge on any atom is 0.0525 e. The van der Waals surface area contributed by atoms with Crippen molar-refractivity contribution in [1.82, 2.24) is 0 Å². The highest BCUT2D eigenvalue weighted by Gasteiger charge is 2.19. The first kappa shape index (κ1) is 12.3. The van der Waals surface area contributed by atoms with Crippen molar-refractivity contribution in [3.8, 4) is 0 Å². The predicted molar refractivity (Wildman–Crippen MR) is 74.8 cm³/mol. The van der Waals surface area contributed by atoms with E-state index in [-0.39, 0.29) is 0 Å². The van der Waals surface area contributed by atoms with Gasteiger partial charge in [0.1, 0.15) is 0 Å². The highest BCUT2D eigenvalue weighted by Crippen LogP contribution is 2.26. The summed E-state index contributed by atoms with van der Waals surface area (Å²) >= 11 is 0. The first-order valence-corrected chi connectivity index (χ1v) is 6.92. The fraction of sp³-hybridized carbons (Fsp3) is 0.562. The van der Waals surface area contributed by atoms with Crippen LogP contribution in [-0.2, 0) is 6.42 Å². The van der Waals surface area contributed by atoms with Gasteiger partial charge < -0.3 is 0 Å². The van der Waals surface area contributed by atoms with Gasteiger partial charge in [-0.3, -0.25) is 4.99 Å². The largest absolute Gasteiger partial charge is 0.289 e. The van der Waals surface area contributed by atoms with Gasteiger partial charge in [0.2, 0.25) is 0 Å². The van der Waals surface area contributed by atoms with Crippen molar-refractivity contribution >= 4 is 6.21 Å². The third-order valence-corrected chi connectivity index (χ3v) is 3.91. The number of rotatable bonds is 3. The molecule has 1 aliphatic rings. The molecule has 2 unspecified atom stereocenters. The van der Waals surface area contributed by atoms with Gasteiger partial charge in [-0.25, -0.2) is 0 Å². The van der Waals surface area contributed by atoms with Crippen LogP contribution in [0.5, 0.6) is 0 Å².